The number of nitrogens with zero attached hydrogens (tertiary/aromatic N) is 1. The summed E-state index contributed by atoms with van der Waals surface area (Å²) in [5.74, 6) is -0.370. The monoisotopic (exact) mass is 207 g/mol. The molecule has 1 aliphatic rings. The topological polar surface area (TPSA) is 48.3 Å². The Morgan fingerprint density at radius 2 is 2.27 bits per heavy atom. The number of aldehydes is 1. The van der Waals surface area contributed by atoms with E-state index < -0.39 is 0 Å². The maximum absolute atomic E-state index is 11.4. The zero-order chi connectivity index (χ0) is 11.1. The minimum absolute atomic E-state index is 0.329. The van der Waals surface area contributed by atoms with Gasteiger partial charge >= 0.3 is 5.97 Å². The van der Waals surface area contributed by atoms with Crippen LogP contribution in [-0.4, -0.2) is 23.9 Å². The number of ether oxygens (including phenoxy) is 1. The third-order valence-electron chi connectivity index (χ3n) is 2.99. The van der Waals surface area contributed by atoms with Gasteiger partial charge in [-0.15, -0.1) is 0 Å². The summed E-state index contributed by atoms with van der Waals surface area (Å²) in [5, 5.41) is 0. The zero-order valence-corrected chi connectivity index (χ0v) is 8.82. The van der Waals surface area contributed by atoms with E-state index in [4.69, 9.17) is 0 Å². The smallest absolute Gasteiger partial charge is 0.354 e. The predicted molar refractivity (Wildman–Crippen MR) is 53.7 cm³/mol. The summed E-state index contributed by atoms with van der Waals surface area (Å²) in [6.07, 6.45) is 4.55. The van der Waals surface area contributed by atoms with Crippen LogP contribution in [0.1, 0.15) is 28.9 Å². The second kappa shape index (κ2) is 3.22. The summed E-state index contributed by atoms with van der Waals surface area (Å²) in [6.45, 7) is 0. The molecule has 0 amide bonds. The van der Waals surface area contributed by atoms with Crippen LogP contribution < -0.4 is 0 Å². The molecule has 15 heavy (non-hydrogen) atoms. The predicted octanol–water partition coefficient (Wildman–Crippen LogP) is 1.04. The van der Waals surface area contributed by atoms with Crippen LogP contribution in [-0.2, 0) is 22.0 Å². The molecule has 1 aromatic rings. The molecule has 1 saturated carbocycles. The van der Waals surface area contributed by atoms with Crippen LogP contribution in [0.4, 0.5) is 0 Å². The van der Waals surface area contributed by atoms with E-state index in [9.17, 15) is 9.59 Å². The lowest BCUT2D eigenvalue weighted by atomic mass is 10.0. The number of hydrogen-bond acceptors (Lipinski definition) is 3. The molecule has 0 radical (unpaired) electrons. The van der Waals surface area contributed by atoms with Gasteiger partial charge in [0, 0.05) is 13.2 Å². The van der Waals surface area contributed by atoms with Gasteiger partial charge in [-0.3, -0.25) is 0 Å². The van der Waals surface area contributed by atoms with Gasteiger partial charge in [0.25, 0.3) is 0 Å². The Bertz CT molecular complexity index is 415. The molecular weight excluding hydrogens is 194 g/mol. The highest BCUT2D eigenvalue weighted by Gasteiger charge is 2.45. The third kappa shape index (κ3) is 1.46. The van der Waals surface area contributed by atoms with Crippen LogP contribution in [0.3, 0.4) is 0 Å². The molecule has 1 aromatic heterocycles. The van der Waals surface area contributed by atoms with Crippen LogP contribution in [0.5, 0.6) is 0 Å². The van der Waals surface area contributed by atoms with Gasteiger partial charge < -0.3 is 14.1 Å². The van der Waals surface area contributed by atoms with Crippen molar-refractivity contribution in [3.63, 3.8) is 0 Å². The average Bonchev–Trinajstić information content (AvgIpc) is 2.96. The van der Waals surface area contributed by atoms with E-state index in [1.807, 2.05) is 6.20 Å². The van der Waals surface area contributed by atoms with Crippen molar-refractivity contribution in [1.29, 1.82) is 0 Å². The number of hydrogen-bond donors (Lipinski definition) is 0. The van der Waals surface area contributed by atoms with Gasteiger partial charge in [-0.25, -0.2) is 4.79 Å². The summed E-state index contributed by atoms with van der Waals surface area (Å²) < 4.78 is 6.35. The minimum atomic E-state index is -0.370. The zero-order valence-electron chi connectivity index (χ0n) is 8.82. The van der Waals surface area contributed by atoms with Crippen LogP contribution in [0.15, 0.2) is 12.3 Å². The molecule has 0 atom stereocenters. The van der Waals surface area contributed by atoms with Crippen LogP contribution in [0, 0.1) is 0 Å². The van der Waals surface area contributed by atoms with E-state index in [1.54, 1.807) is 17.7 Å². The van der Waals surface area contributed by atoms with Crippen molar-refractivity contribution in [2.24, 2.45) is 7.05 Å². The molecule has 80 valence electrons. The Morgan fingerprint density at radius 1 is 1.60 bits per heavy atom. The Balaban J connectivity index is 2.37. The van der Waals surface area contributed by atoms with Crippen molar-refractivity contribution in [3.8, 4) is 0 Å². The fraction of sp³-hybridized carbons (Fsp3) is 0.455. The number of methoxy groups -OCH3 is 1. The van der Waals surface area contributed by atoms with Crippen molar-refractivity contribution in [1.82, 2.24) is 4.57 Å². The molecule has 0 unspecified atom stereocenters. The molecule has 0 saturated heterocycles. The molecule has 0 N–H and O–H groups in total. The molecule has 4 heteroatoms. The molecule has 0 spiro atoms. The Hall–Kier alpha value is -1.58. The van der Waals surface area contributed by atoms with E-state index in [0.29, 0.717) is 5.69 Å². The van der Waals surface area contributed by atoms with E-state index in [1.165, 1.54) is 7.11 Å². The van der Waals surface area contributed by atoms with Gasteiger partial charge in [0.1, 0.15) is 12.0 Å². The highest BCUT2D eigenvalue weighted by molar-refractivity contribution is 5.88. The summed E-state index contributed by atoms with van der Waals surface area (Å²) in [5.41, 5.74) is 1.07. The normalized spacial score (nSPS) is 17.2. The van der Waals surface area contributed by atoms with Gasteiger partial charge in [-0.2, -0.15) is 0 Å². The van der Waals surface area contributed by atoms with E-state index in [0.717, 1.165) is 24.7 Å². The first kappa shape index (κ1) is 9.96. The van der Waals surface area contributed by atoms with E-state index >= 15 is 0 Å². The summed E-state index contributed by atoms with van der Waals surface area (Å²) in [7, 11) is 3.12. The number of carbonyl (C=O) groups is 2. The number of aromatic nitrogens is 1. The molecule has 0 bridgehead atoms. The molecule has 0 aliphatic heterocycles. The van der Waals surface area contributed by atoms with Gasteiger partial charge in [-0.1, -0.05) is 0 Å². The summed E-state index contributed by atoms with van der Waals surface area (Å²) in [6, 6.07) is 1.74. The van der Waals surface area contributed by atoms with Gasteiger partial charge in [0.05, 0.1) is 12.5 Å². The van der Waals surface area contributed by atoms with Crippen molar-refractivity contribution < 1.29 is 14.3 Å². The number of carbonyl (C=O) groups excluding carboxylic acids is 2. The number of rotatable bonds is 3. The first-order valence-electron chi connectivity index (χ1n) is 4.84. The van der Waals surface area contributed by atoms with Gasteiger partial charge in [-0.05, 0) is 24.5 Å². The molecular formula is C11H13NO3. The lowest BCUT2D eigenvalue weighted by Gasteiger charge is -2.00. The number of aryl methyl sites for hydroxylation is 1. The van der Waals surface area contributed by atoms with Crippen molar-refractivity contribution in [2.45, 2.75) is 18.3 Å². The van der Waals surface area contributed by atoms with Crippen LogP contribution in [0.2, 0.25) is 0 Å². The van der Waals surface area contributed by atoms with E-state index in [-0.39, 0.29) is 11.4 Å². The van der Waals surface area contributed by atoms with E-state index in [2.05, 4.69) is 4.74 Å². The molecule has 1 aliphatic carbocycles. The average molecular weight is 207 g/mol. The Kier molecular flexibility index (Phi) is 2.14. The first-order chi connectivity index (χ1) is 7.13. The minimum Gasteiger partial charge on any atom is -0.464 e. The maximum atomic E-state index is 11.4. The van der Waals surface area contributed by atoms with Crippen molar-refractivity contribution >= 4 is 12.3 Å². The molecule has 4 nitrogen and oxygen atoms in total. The summed E-state index contributed by atoms with van der Waals surface area (Å²) >= 11 is 0. The highest BCUT2D eigenvalue weighted by Crippen LogP contribution is 2.46. The third-order valence-corrected chi connectivity index (χ3v) is 2.99. The lowest BCUT2D eigenvalue weighted by Crippen LogP contribution is -2.06. The Morgan fingerprint density at radius 3 is 2.73 bits per heavy atom. The van der Waals surface area contributed by atoms with Crippen LogP contribution >= 0.6 is 0 Å². The van der Waals surface area contributed by atoms with Crippen LogP contribution in [0.25, 0.3) is 0 Å². The molecule has 1 heterocycles. The Labute approximate surface area is 87.8 Å². The van der Waals surface area contributed by atoms with Gasteiger partial charge in [0.2, 0.25) is 0 Å². The standard InChI is InChI=1S/C11H13NO3/c1-12-6-8(11(7-13)3-4-11)5-9(12)10(14)15-2/h5-7H,3-4H2,1-2H3. The number of esters is 1. The SMILES string of the molecule is COC(=O)c1cc(C2(C=O)CC2)cn1C. The second-order valence-corrected chi connectivity index (χ2v) is 3.99. The molecule has 2 rings (SSSR count). The fourth-order valence-electron chi connectivity index (χ4n) is 1.75. The maximum Gasteiger partial charge on any atom is 0.354 e. The van der Waals surface area contributed by atoms with Crippen molar-refractivity contribution in [2.75, 3.05) is 7.11 Å². The van der Waals surface area contributed by atoms with Crippen molar-refractivity contribution in [3.05, 3.63) is 23.5 Å². The highest BCUT2D eigenvalue weighted by atomic mass is 16.5. The molecule has 1 fully saturated rings. The fourth-order valence-corrected chi connectivity index (χ4v) is 1.75. The quantitative estimate of drug-likeness (QED) is 0.549. The second-order valence-electron chi connectivity index (χ2n) is 3.99. The van der Waals surface area contributed by atoms with Gasteiger partial charge in [0.15, 0.2) is 0 Å². The lowest BCUT2D eigenvalue weighted by molar-refractivity contribution is -0.109. The summed E-state index contributed by atoms with van der Waals surface area (Å²) in [4.78, 5) is 22.3. The largest absolute Gasteiger partial charge is 0.464 e. The molecule has 0 aromatic carbocycles. The first-order valence-corrected chi connectivity index (χ1v) is 4.84.